The van der Waals surface area contributed by atoms with Crippen molar-refractivity contribution in [2.75, 3.05) is 13.2 Å². The van der Waals surface area contributed by atoms with Gasteiger partial charge in [-0.25, -0.2) is 4.79 Å². The summed E-state index contributed by atoms with van der Waals surface area (Å²) in [4.78, 5) is 37.7. The number of aldehydes is 1. The molecule has 0 saturated heterocycles. The summed E-state index contributed by atoms with van der Waals surface area (Å²) in [5.74, 6) is 0. The van der Waals surface area contributed by atoms with Crippen LogP contribution in [0.25, 0.3) is 0 Å². The summed E-state index contributed by atoms with van der Waals surface area (Å²) in [5, 5.41) is 9.08. The van der Waals surface area contributed by atoms with Crippen LogP contribution in [0.4, 0.5) is 4.79 Å². The van der Waals surface area contributed by atoms with Crippen molar-refractivity contribution >= 4 is 24.5 Å². The molecule has 0 aromatic rings. The van der Waals surface area contributed by atoms with Crippen LogP contribution in [0.2, 0.25) is 0 Å². The van der Waals surface area contributed by atoms with Crippen LogP contribution in [-0.4, -0.2) is 49.3 Å². The zero-order chi connectivity index (χ0) is 17.7. The van der Waals surface area contributed by atoms with Crippen molar-refractivity contribution in [2.24, 2.45) is 5.16 Å². The highest BCUT2D eigenvalue weighted by atomic mass is 16.6. The molecule has 2 N–H and O–H groups in total. The Hall–Kier alpha value is -2.12. The van der Waals surface area contributed by atoms with Crippen LogP contribution >= 0.6 is 0 Å². The van der Waals surface area contributed by atoms with Gasteiger partial charge in [-0.3, -0.25) is 4.79 Å². The van der Waals surface area contributed by atoms with Crippen molar-refractivity contribution in [1.29, 1.82) is 0 Å². The normalized spacial score (nSPS) is 13.0. The zero-order valence-corrected chi connectivity index (χ0v) is 14.3. The molecule has 1 atom stereocenters. The number of hydrogen-bond donors (Lipinski definition) is 2. The SMILES string of the molecule is CCC(CO/N=C(/CC=O)CCNC(=O)OC(C)(C)C)NC=O. The third kappa shape index (κ3) is 12.1. The maximum Gasteiger partial charge on any atom is 0.407 e. The van der Waals surface area contributed by atoms with E-state index in [2.05, 4.69) is 15.8 Å². The molecule has 0 saturated carbocycles. The van der Waals surface area contributed by atoms with Gasteiger partial charge in [0.2, 0.25) is 6.41 Å². The molecule has 23 heavy (non-hydrogen) atoms. The Morgan fingerprint density at radius 2 is 2.00 bits per heavy atom. The molecule has 8 heteroatoms. The molecule has 0 aliphatic carbocycles. The molecule has 0 rings (SSSR count). The van der Waals surface area contributed by atoms with Crippen molar-refractivity contribution in [2.45, 2.75) is 58.6 Å². The number of carbonyl (C=O) groups excluding carboxylic acids is 3. The van der Waals surface area contributed by atoms with Crippen molar-refractivity contribution in [3.63, 3.8) is 0 Å². The molecule has 0 spiro atoms. The van der Waals surface area contributed by atoms with E-state index in [9.17, 15) is 14.4 Å². The lowest BCUT2D eigenvalue weighted by molar-refractivity contribution is -0.110. The van der Waals surface area contributed by atoms with Crippen LogP contribution in [-0.2, 0) is 19.2 Å². The van der Waals surface area contributed by atoms with Gasteiger partial charge in [-0.1, -0.05) is 12.1 Å². The van der Waals surface area contributed by atoms with Crippen molar-refractivity contribution in [3.8, 4) is 0 Å². The van der Waals surface area contributed by atoms with E-state index in [-0.39, 0.29) is 25.6 Å². The Morgan fingerprint density at radius 3 is 2.52 bits per heavy atom. The van der Waals surface area contributed by atoms with Gasteiger partial charge in [-0.2, -0.15) is 0 Å². The summed E-state index contributed by atoms with van der Waals surface area (Å²) in [6.45, 7) is 7.74. The van der Waals surface area contributed by atoms with Crippen LogP contribution in [0, 0.1) is 0 Å². The first-order valence-electron chi connectivity index (χ1n) is 7.60. The van der Waals surface area contributed by atoms with Crippen molar-refractivity contribution < 1.29 is 24.0 Å². The van der Waals surface area contributed by atoms with E-state index in [0.29, 0.717) is 25.0 Å². The second-order valence-electron chi connectivity index (χ2n) is 5.89. The molecule has 2 amide bonds. The fourth-order valence-electron chi connectivity index (χ4n) is 1.50. The standard InChI is InChI=1S/C15H27N3O5/c1-5-12(17-11-20)10-22-18-13(7-9-19)6-8-16-14(21)23-15(2,3)4/h9,11-12H,5-8,10H2,1-4H3,(H,16,21)(H,17,20)/b18-13+. The number of hydrogen-bond acceptors (Lipinski definition) is 6. The van der Waals surface area contributed by atoms with Gasteiger partial charge in [0.25, 0.3) is 0 Å². The van der Waals surface area contributed by atoms with Gasteiger partial charge < -0.3 is 25.0 Å². The van der Waals surface area contributed by atoms with Crippen LogP contribution in [0.3, 0.4) is 0 Å². The molecular weight excluding hydrogens is 302 g/mol. The van der Waals surface area contributed by atoms with Gasteiger partial charge in [0.15, 0.2) is 0 Å². The Balaban J connectivity index is 4.24. The van der Waals surface area contributed by atoms with Crippen LogP contribution in [0.5, 0.6) is 0 Å². The van der Waals surface area contributed by atoms with Gasteiger partial charge in [-0.05, 0) is 27.2 Å². The summed E-state index contributed by atoms with van der Waals surface area (Å²) >= 11 is 0. The molecule has 0 aromatic heterocycles. The Bertz CT molecular complexity index is 404. The minimum atomic E-state index is -0.562. The number of rotatable bonds is 11. The van der Waals surface area contributed by atoms with E-state index < -0.39 is 11.7 Å². The number of ether oxygens (including phenoxy) is 1. The number of amides is 2. The molecule has 0 heterocycles. The Kier molecular flexibility index (Phi) is 10.4. The summed E-state index contributed by atoms with van der Waals surface area (Å²) in [7, 11) is 0. The molecule has 0 radical (unpaired) electrons. The zero-order valence-electron chi connectivity index (χ0n) is 14.3. The fourth-order valence-corrected chi connectivity index (χ4v) is 1.50. The van der Waals surface area contributed by atoms with E-state index in [0.717, 1.165) is 6.29 Å². The third-order valence-electron chi connectivity index (χ3n) is 2.67. The van der Waals surface area contributed by atoms with Gasteiger partial charge in [0.1, 0.15) is 18.5 Å². The van der Waals surface area contributed by atoms with Crippen LogP contribution in [0.1, 0.15) is 47.0 Å². The minimum Gasteiger partial charge on any atom is -0.444 e. The third-order valence-corrected chi connectivity index (χ3v) is 2.67. The predicted octanol–water partition coefficient (Wildman–Crippen LogP) is 1.39. The predicted molar refractivity (Wildman–Crippen MR) is 86.2 cm³/mol. The number of carbonyl (C=O) groups is 3. The summed E-state index contributed by atoms with van der Waals surface area (Å²) in [5.41, 5.74) is -0.0507. The molecule has 0 aliphatic rings. The quantitative estimate of drug-likeness (QED) is 0.338. The average Bonchev–Trinajstić information content (AvgIpc) is 2.44. The maximum absolute atomic E-state index is 11.5. The van der Waals surface area contributed by atoms with Crippen molar-refractivity contribution in [1.82, 2.24) is 10.6 Å². The van der Waals surface area contributed by atoms with Gasteiger partial charge in [0, 0.05) is 19.4 Å². The monoisotopic (exact) mass is 329 g/mol. The highest BCUT2D eigenvalue weighted by Gasteiger charge is 2.15. The lowest BCUT2D eigenvalue weighted by Gasteiger charge is -2.19. The van der Waals surface area contributed by atoms with Gasteiger partial charge in [-0.15, -0.1) is 0 Å². The van der Waals surface area contributed by atoms with E-state index in [1.165, 1.54) is 0 Å². The molecular formula is C15H27N3O5. The van der Waals surface area contributed by atoms with Crippen molar-refractivity contribution in [3.05, 3.63) is 0 Å². The smallest absolute Gasteiger partial charge is 0.407 e. The first kappa shape index (κ1) is 20.9. The minimum absolute atomic E-state index is 0.119. The lowest BCUT2D eigenvalue weighted by atomic mass is 10.2. The molecule has 0 fully saturated rings. The number of nitrogens with zero attached hydrogens (tertiary/aromatic N) is 1. The molecule has 1 unspecified atom stereocenters. The first-order chi connectivity index (χ1) is 10.8. The second-order valence-corrected chi connectivity index (χ2v) is 5.89. The van der Waals surface area contributed by atoms with Gasteiger partial charge in [0.05, 0.1) is 11.8 Å². The lowest BCUT2D eigenvalue weighted by Crippen LogP contribution is -2.33. The summed E-state index contributed by atoms with van der Waals surface area (Å²) in [6.07, 6.45) is 2.00. The highest BCUT2D eigenvalue weighted by molar-refractivity contribution is 5.94. The summed E-state index contributed by atoms with van der Waals surface area (Å²) < 4.78 is 5.10. The molecule has 8 nitrogen and oxygen atoms in total. The van der Waals surface area contributed by atoms with E-state index >= 15 is 0 Å². The molecule has 0 aliphatic heterocycles. The molecule has 0 aromatic carbocycles. The Labute approximate surface area is 137 Å². The second kappa shape index (κ2) is 11.4. The van der Waals surface area contributed by atoms with Crippen LogP contribution < -0.4 is 10.6 Å². The molecule has 132 valence electrons. The number of nitrogens with one attached hydrogen (secondary N) is 2. The topological polar surface area (TPSA) is 106 Å². The summed E-state index contributed by atoms with van der Waals surface area (Å²) in [6, 6.07) is -0.131. The fraction of sp³-hybridized carbons (Fsp3) is 0.733. The number of alkyl carbamates (subject to hydrolysis) is 1. The van der Waals surface area contributed by atoms with E-state index in [1.807, 2.05) is 6.92 Å². The van der Waals surface area contributed by atoms with E-state index in [4.69, 9.17) is 9.57 Å². The highest BCUT2D eigenvalue weighted by Crippen LogP contribution is 2.06. The average molecular weight is 329 g/mol. The Morgan fingerprint density at radius 1 is 1.30 bits per heavy atom. The van der Waals surface area contributed by atoms with Crippen LogP contribution in [0.15, 0.2) is 5.16 Å². The van der Waals surface area contributed by atoms with E-state index in [1.54, 1.807) is 20.8 Å². The first-order valence-corrected chi connectivity index (χ1v) is 7.60. The number of oxime groups is 1. The maximum atomic E-state index is 11.5. The molecule has 0 bridgehead atoms. The largest absolute Gasteiger partial charge is 0.444 e. The van der Waals surface area contributed by atoms with Gasteiger partial charge >= 0.3 is 6.09 Å².